The van der Waals surface area contributed by atoms with Gasteiger partial charge in [0.05, 0.1) is 6.10 Å². The Morgan fingerprint density at radius 3 is 2.52 bits per heavy atom. The summed E-state index contributed by atoms with van der Waals surface area (Å²) >= 11 is 6.63. The molecule has 3 rings (SSSR count). The summed E-state index contributed by atoms with van der Waals surface area (Å²) in [6.45, 7) is 11.0. The Morgan fingerprint density at radius 1 is 1.24 bits per heavy atom. The standard InChI is InChI=1S/C20H30ClNO3/c1-11-14(6-5-12-7-17(24)22-18(12)25)20(4)10-13(21)9-19(2,3)16(20)8-15(11)23/h12-16,23H,1,5-10H2,2-4H3,(H,22,24,25)/t12?,13-,14-,15-,16-,20+/m0/s1. The molecule has 0 aromatic carbocycles. The molecule has 0 radical (unpaired) electrons. The van der Waals surface area contributed by atoms with Crippen LogP contribution in [0.1, 0.15) is 59.3 Å². The highest BCUT2D eigenvalue weighted by Crippen LogP contribution is 2.62. The third-order valence-corrected chi connectivity index (χ3v) is 7.46. The maximum absolute atomic E-state index is 11.9. The Labute approximate surface area is 155 Å². The van der Waals surface area contributed by atoms with Gasteiger partial charge in [-0.2, -0.15) is 0 Å². The van der Waals surface area contributed by atoms with Crippen molar-refractivity contribution in [1.29, 1.82) is 0 Å². The van der Waals surface area contributed by atoms with Crippen LogP contribution in [-0.4, -0.2) is 28.4 Å². The minimum atomic E-state index is -0.492. The number of hydrogen-bond donors (Lipinski definition) is 2. The average molecular weight is 368 g/mol. The van der Waals surface area contributed by atoms with Gasteiger partial charge in [0.25, 0.3) is 0 Å². The van der Waals surface area contributed by atoms with Gasteiger partial charge in [-0.15, -0.1) is 11.6 Å². The molecular formula is C20H30ClNO3. The minimum absolute atomic E-state index is 0.0242. The van der Waals surface area contributed by atoms with Gasteiger partial charge in [-0.25, -0.2) is 0 Å². The molecule has 3 fully saturated rings. The quantitative estimate of drug-likeness (QED) is 0.456. The van der Waals surface area contributed by atoms with E-state index < -0.39 is 6.10 Å². The van der Waals surface area contributed by atoms with Crippen LogP contribution < -0.4 is 5.32 Å². The van der Waals surface area contributed by atoms with E-state index in [1.165, 1.54) is 0 Å². The molecule has 0 aromatic heterocycles. The fourth-order valence-corrected chi connectivity index (χ4v) is 6.75. The number of halogens is 1. The van der Waals surface area contributed by atoms with Crippen molar-refractivity contribution in [1.82, 2.24) is 5.32 Å². The van der Waals surface area contributed by atoms with Crippen LogP contribution >= 0.6 is 11.6 Å². The fraction of sp³-hybridized carbons (Fsp3) is 0.800. The zero-order valence-corrected chi connectivity index (χ0v) is 16.2. The highest BCUT2D eigenvalue weighted by Gasteiger charge is 2.56. The van der Waals surface area contributed by atoms with E-state index in [1.807, 2.05) is 0 Å². The number of fused-ring (bicyclic) bond motifs is 1. The maximum atomic E-state index is 11.9. The lowest BCUT2D eigenvalue weighted by atomic mass is 9.46. The first-order chi connectivity index (χ1) is 11.5. The van der Waals surface area contributed by atoms with Crippen LogP contribution in [0.3, 0.4) is 0 Å². The monoisotopic (exact) mass is 367 g/mol. The average Bonchev–Trinajstić information content (AvgIpc) is 2.78. The van der Waals surface area contributed by atoms with Crippen molar-refractivity contribution in [3.63, 3.8) is 0 Å². The van der Waals surface area contributed by atoms with Crippen molar-refractivity contribution in [2.24, 2.45) is 28.6 Å². The molecule has 4 nitrogen and oxygen atoms in total. The molecule has 6 atom stereocenters. The third kappa shape index (κ3) is 3.28. The number of carbonyl (C=O) groups is 2. The number of nitrogens with one attached hydrogen (secondary N) is 1. The molecule has 2 amide bonds. The Hall–Kier alpha value is -0.870. The largest absolute Gasteiger partial charge is 0.389 e. The molecule has 1 saturated heterocycles. The zero-order chi connectivity index (χ0) is 18.6. The van der Waals surface area contributed by atoms with Crippen LogP contribution in [-0.2, 0) is 9.59 Å². The second-order valence-electron chi connectivity index (χ2n) is 9.32. The Morgan fingerprint density at radius 2 is 1.92 bits per heavy atom. The first-order valence-corrected chi connectivity index (χ1v) is 9.83. The number of carbonyl (C=O) groups excluding carboxylic acids is 2. The van der Waals surface area contributed by atoms with Gasteiger partial charge in [-0.1, -0.05) is 27.4 Å². The van der Waals surface area contributed by atoms with E-state index >= 15 is 0 Å². The van der Waals surface area contributed by atoms with Crippen molar-refractivity contribution >= 4 is 23.4 Å². The van der Waals surface area contributed by atoms with E-state index in [0.29, 0.717) is 12.3 Å². The van der Waals surface area contributed by atoms with E-state index in [0.717, 1.165) is 31.3 Å². The van der Waals surface area contributed by atoms with Crippen LogP contribution in [0.2, 0.25) is 0 Å². The number of aliphatic hydroxyl groups excluding tert-OH is 1. The Kier molecular flexibility index (Phi) is 4.83. The first kappa shape index (κ1) is 18.9. The van der Waals surface area contributed by atoms with Crippen LogP contribution in [0.15, 0.2) is 12.2 Å². The molecule has 0 bridgehead atoms. The summed E-state index contributed by atoms with van der Waals surface area (Å²) in [6.07, 6.45) is 3.83. The normalized spacial score (nSPS) is 43.7. The fourth-order valence-electron chi connectivity index (χ4n) is 6.02. The van der Waals surface area contributed by atoms with Gasteiger partial charge < -0.3 is 5.11 Å². The molecule has 140 valence electrons. The SMILES string of the molecule is C=C1[C@@H](O)C[C@H]2C(C)(C)C[C@H](Cl)C[C@]2(C)[C@H]1CCC1CC(=O)NC1=O. The summed E-state index contributed by atoms with van der Waals surface area (Å²) in [5.41, 5.74) is 0.925. The molecule has 2 saturated carbocycles. The van der Waals surface area contributed by atoms with Gasteiger partial charge in [0, 0.05) is 17.7 Å². The predicted molar refractivity (Wildman–Crippen MR) is 98.0 cm³/mol. The molecule has 25 heavy (non-hydrogen) atoms. The van der Waals surface area contributed by atoms with Gasteiger partial charge in [0.15, 0.2) is 0 Å². The molecule has 2 aliphatic carbocycles. The smallest absolute Gasteiger partial charge is 0.230 e. The third-order valence-electron chi connectivity index (χ3n) is 7.15. The molecule has 3 aliphatic rings. The number of hydrogen-bond acceptors (Lipinski definition) is 3. The van der Waals surface area contributed by atoms with Gasteiger partial charge in [0.1, 0.15) is 0 Å². The lowest BCUT2D eigenvalue weighted by molar-refractivity contribution is -0.126. The molecule has 0 aromatic rings. The van der Waals surface area contributed by atoms with Crippen LogP contribution in [0.25, 0.3) is 0 Å². The molecule has 2 N–H and O–H groups in total. The van der Waals surface area contributed by atoms with E-state index in [1.54, 1.807) is 0 Å². The molecule has 1 heterocycles. The summed E-state index contributed by atoms with van der Waals surface area (Å²) in [7, 11) is 0. The topological polar surface area (TPSA) is 66.4 Å². The Bertz CT molecular complexity index is 602. The molecule has 5 heteroatoms. The second kappa shape index (κ2) is 6.38. The first-order valence-electron chi connectivity index (χ1n) is 9.39. The van der Waals surface area contributed by atoms with E-state index in [9.17, 15) is 14.7 Å². The van der Waals surface area contributed by atoms with Crippen molar-refractivity contribution in [2.75, 3.05) is 0 Å². The van der Waals surface area contributed by atoms with Crippen LogP contribution in [0.4, 0.5) is 0 Å². The highest BCUT2D eigenvalue weighted by molar-refractivity contribution is 6.20. The number of rotatable bonds is 3. The number of alkyl halides is 1. The Balaban J connectivity index is 1.83. The van der Waals surface area contributed by atoms with Crippen molar-refractivity contribution in [2.45, 2.75) is 70.8 Å². The second-order valence-corrected chi connectivity index (χ2v) is 9.94. The lowest BCUT2D eigenvalue weighted by Gasteiger charge is -2.60. The number of amides is 2. The maximum Gasteiger partial charge on any atom is 0.230 e. The minimum Gasteiger partial charge on any atom is -0.389 e. The zero-order valence-electron chi connectivity index (χ0n) is 15.5. The number of imide groups is 1. The van der Waals surface area contributed by atoms with Gasteiger partial charge >= 0.3 is 0 Å². The van der Waals surface area contributed by atoms with Crippen molar-refractivity contribution in [3.8, 4) is 0 Å². The summed E-state index contributed by atoms with van der Waals surface area (Å²) in [4.78, 5) is 23.3. The molecule has 1 unspecified atom stereocenters. The van der Waals surface area contributed by atoms with Crippen molar-refractivity contribution in [3.05, 3.63) is 12.2 Å². The summed E-state index contributed by atoms with van der Waals surface area (Å²) in [6, 6.07) is 0. The van der Waals surface area contributed by atoms with Gasteiger partial charge in [-0.05, 0) is 60.3 Å². The van der Waals surface area contributed by atoms with Crippen LogP contribution in [0.5, 0.6) is 0 Å². The lowest BCUT2D eigenvalue weighted by Crippen LogP contribution is -2.55. The summed E-state index contributed by atoms with van der Waals surface area (Å²) in [5, 5.41) is 13.1. The molecule has 0 spiro atoms. The molecule has 1 aliphatic heterocycles. The summed E-state index contributed by atoms with van der Waals surface area (Å²) in [5.74, 6) is -0.0796. The van der Waals surface area contributed by atoms with Crippen molar-refractivity contribution < 1.29 is 14.7 Å². The molecular weight excluding hydrogens is 338 g/mol. The van der Waals surface area contributed by atoms with Crippen LogP contribution in [0, 0.1) is 28.6 Å². The van der Waals surface area contributed by atoms with E-state index in [-0.39, 0.29) is 46.3 Å². The van der Waals surface area contributed by atoms with Gasteiger partial charge in [-0.3, -0.25) is 14.9 Å². The highest BCUT2D eigenvalue weighted by atomic mass is 35.5. The van der Waals surface area contributed by atoms with Gasteiger partial charge in [0.2, 0.25) is 11.8 Å². The number of aliphatic hydroxyl groups is 1. The predicted octanol–water partition coefficient (Wildman–Crippen LogP) is 3.42. The summed E-state index contributed by atoms with van der Waals surface area (Å²) < 4.78 is 0. The van der Waals surface area contributed by atoms with E-state index in [2.05, 4.69) is 32.7 Å². The van der Waals surface area contributed by atoms with E-state index in [4.69, 9.17) is 11.6 Å².